The quantitative estimate of drug-likeness (QED) is 0.338. The molecule has 0 aliphatic heterocycles. The molecule has 28 heavy (non-hydrogen) atoms. The SMILES string of the molecule is c1ccc(-c2ccc3[nH]c4cc5nc(-c6ccccc6)sc5cc4c3c2)cc1. The van der Waals surface area contributed by atoms with Crippen LogP contribution in [0, 0.1) is 0 Å². The number of thiazole rings is 1. The summed E-state index contributed by atoms with van der Waals surface area (Å²) in [5.41, 5.74) is 7.00. The van der Waals surface area contributed by atoms with E-state index in [0.717, 1.165) is 21.6 Å². The van der Waals surface area contributed by atoms with Crippen LogP contribution in [0.5, 0.6) is 0 Å². The largest absolute Gasteiger partial charge is 0.354 e. The Morgan fingerprint density at radius 2 is 1.32 bits per heavy atom. The van der Waals surface area contributed by atoms with Gasteiger partial charge in [-0.1, -0.05) is 66.7 Å². The van der Waals surface area contributed by atoms with Crippen molar-refractivity contribution >= 4 is 43.4 Å². The molecule has 2 nitrogen and oxygen atoms in total. The summed E-state index contributed by atoms with van der Waals surface area (Å²) in [5.74, 6) is 0. The molecular weight excluding hydrogens is 360 g/mol. The van der Waals surface area contributed by atoms with Crippen molar-refractivity contribution in [1.82, 2.24) is 9.97 Å². The Morgan fingerprint density at radius 1 is 0.607 bits per heavy atom. The van der Waals surface area contributed by atoms with Gasteiger partial charge in [0.05, 0.1) is 10.2 Å². The molecule has 2 heterocycles. The van der Waals surface area contributed by atoms with Gasteiger partial charge in [0.1, 0.15) is 5.01 Å². The lowest BCUT2D eigenvalue weighted by atomic mass is 10.0. The van der Waals surface area contributed by atoms with E-state index in [4.69, 9.17) is 4.98 Å². The van der Waals surface area contributed by atoms with Crippen molar-refractivity contribution in [2.24, 2.45) is 0 Å². The van der Waals surface area contributed by atoms with Gasteiger partial charge >= 0.3 is 0 Å². The molecule has 132 valence electrons. The smallest absolute Gasteiger partial charge is 0.124 e. The van der Waals surface area contributed by atoms with Gasteiger partial charge in [0.2, 0.25) is 0 Å². The molecule has 6 rings (SSSR count). The van der Waals surface area contributed by atoms with Crippen LogP contribution in [0.4, 0.5) is 0 Å². The van der Waals surface area contributed by atoms with E-state index < -0.39 is 0 Å². The zero-order valence-corrected chi connectivity index (χ0v) is 15.8. The fraction of sp³-hybridized carbons (Fsp3) is 0. The van der Waals surface area contributed by atoms with Gasteiger partial charge in [-0.3, -0.25) is 0 Å². The molecule has 0 spiro atoms. The predicted octanol–water partition coefficient (Wildman–Crippen LogP) is 7.26. The number of aromatic nitrogens is 2. The Hall–Kier alpha value is -3.43. The number of benzene rings is 4. The Bertz CT molecular complexity index is 1440. The van der Waals surface area contributed by atoms with Crippen LogP contribution >= 0.6 is 11.3 Å². The maximum Gasteiger partial charge on any atom is 0.124 e. The molecule has 3 heteroatoms. The van der Waals surface area contributed by atoms with Gasteiger partial charge in [0.15, 0.2) is 0 Å². The summed E-state index contributed by atoms with van der Waals surface area (Å²) in [6.45, 7) is 0. The van der Waals surface area contributed by atoms with Gasteiger partial charge in [-0.05, 0) is 35.4 Å². The summed E-state index contributed by atoms with van der Waals surface area (Å²) in [5, 5.41) is 3.58. The number of nitrogens with zero attached hydrogens (tertiary/aromatic N) is 1. The molecule has 0 radical (unpaired) electrons. The third-order valence-corrected chi connectivity index (χ3v) is 6.30. The highest BCUT2D eigenvalue weighted by Gasteiger charge is 2.11. The molecule has 0 fully saturated rings. The maximum absolute atomic E-state index is 4.87. The minimum atomic E-state index is 1.05. The first-order chi connectivity index (χ1) is 13.8. The second-order valence-electron chi connectivity index (χ2n) is 7.00. The highest BCUT2D eigenvalue weighted by atomic mass is 32.1. The topological polar surface area (TPSA) is 28.7 Å². The third kappa shape index (κ3) is 2.44. The van der Waals surface area contributed by atoms with E-state index in [9.17, 15) is 0 Å². The summed E-state index contributed by atoms with van der Waals surface area (Å²) in [6, 6.07) is 32.0. The lowest BCUT2D eigenvalue weighted by Crippen LogP contribution is -1.76. The van der Waals surface area contributed by atoms with Gasteiger partial charge in [-0.25, -0.2) is 4.98 Å². The van der Waals surface area contributed by atoms with Crippen LogP contribution in [0.15, 0.2) is 91.0 Å². The van der Waals surface area contributed by atoms with E-state index in [1.165, 1.54) is 32.2 Å². The van der Waals surface area contributed by atoms with E-state index in [2.05, 4.69) is 89.9 Å². The summed E-state index contributed by atoms with van der Waals surface area (Å²) in [4.78, 5) is 8.43. The Kier molecular flexibility index (Phi) is 3.37. The van der Waals surface area contributed by atoms with Crippen LogP contribution in [-0.2, 0) is 0 Å². The fourth-order valence-electron chi connectivity index (χ4n) is 3.84. The number of hydrogen-bond donors (Lipinski definition) is 1. The van der Waals surface area contributed by atoms with Gasteiger partial charge in [-0.2, -0.15) is 0 Å². The van der Waals surface area contributed by atoms with Gasteiger partial charge in [0.25, 0.3) is 0 Å². The van der Waals surface area contributed by atoms with Crippen molar-refractivity contribution in [1.29, 1.82) is 0 Å². The number of hydrogen-bond acceptors (Lipinski definition) is 2. The normalized spacial score (nSPS) is 11.6. The van der Waals surface area contributed by atoms with Crippen molar-refractivity contribution in [2.45, 2.75) is 0 Å². The highest BCUT2D eigenvalue weighted by Crippen LogP contribution is 2.36. The molecular formula is C25H16N2S. The Morgan fingerprint density at radius 3 is 2.11 bits per heavy atom. The maximum atomic E-state index is 4.87. The van der Waals surface area contributed by atoms with Crippen molar-refractivity contribution < 1.29 is 0 Å². The molecule has 0 aliphatic carbocycles. The summed E-state index contributed by atoms with van der Waals surface area (Å²) in [7, 11) is 0. The zero-order valence-electron chi connectivity index (χ0n) is 15.0. The molecule has 0 bridgehead atoms. The number of aromatic amines is 1. The molecule has 0 unspecified atom stereocenters. The van der Waals surface area contributed by atoms with Crippen molar-refractivity contribution in [3.05, 3.63) is 91.0 Å². The molecule has 0 aliphatic rings. The Labute approximate surface area is 166 Å². The van der Waals surface area contributed by atoms with E-state index in [1.54, 1.807) is 11.3 Å². The first-order valence-corrected chi connectivity index (χ1v) is 10.1. The van der Waals surface area contributed by atoms with Crippen LogP contribution < -0.4 is 0 Å². The number of H-pyrrole nitrogens is 1. The van der Waals surface area contributed by atoms with E-state index in [0.29, 0.717) is 0 Å². The van der Waals surface area contributed by atoms with Crippen molar-refractivity contribution in [3.63, 3.8) is 0 Å². The molecule has 2 aromatic heterocycles. The van der Waals surface area contributed by atoms with E-state index in [-0.39, 0.29) is 0 Å². The zero-order chi connectivity index (χ0) is 18.5. The average Bonchev–Trinajstić information content (AvgIpc) is 3.33. The monoisotopic (exact) mass is 376 g/mol. The van der Waals surface area contributed by atoms with Gasteiger partial charge < -0.3 is 4.98 Å². The fourth-order valence-corrected chi connectivity index (χ4v) is 4.83. The summed E-state index contributed by atoms with van der Waals surface area (Å²) >= 11 is 1.75. The molecule has 4 aromatic carbocycles. The number of nitrogens with one attached hydrogen (secondary N) is 1. The lowest BCUT2D eigenvalue weighted by molar-refractivity contribution is 1.47. The number of rotatable bonds is 2. The van der Waals surface area contributed by atoms with Crippen molar-refractivity contribution in [3.8, 4) is 21.7 Å². The number of fused-ring (bicyclic) bond motifs is 4. The summed E-state index contributed by atoms with van der Waals surface area (Å²) < 4.78 is 1.22. The minimum Gasteiger partial charge on any atom is -0.354 e. The molecule has 0 atom stereocenters. The molecule has 0 saturated carbocycles. The van der Waals surface area contributed by atoms with Crippen LogP contribution in [0.2, 0.25) is 0 Å². The first-order valence-electron chi connectivity index (χ1n) is 9.32. The highest BCUT2D eigenvalue weighted by molar-refractivity contribution is 7.21. The second kappa shape index (κ2) is 6.04. The summed E-state index contributed by atoms with van der Waals surface area (Å²) in [6.07, 6.45) is 0. The average molecular weight is 376 g/mol. The molecule has 0 amide bonds. The van der Waals surface area contributed by atoms with Gasteiger partial charge in [-0.15, -0.1) is 11.3 Å². The minimum absolute atomic E-state index is 1.05. The van der Waals surface area contributed by atoms with E-state index >= 15 is 0 Å². The molecule has 1 N–H and O–H groups in total. The van der Waals surface area contributed by atoms with Crippen molar-refractivity contribution in [2.75, 3.05) is 0 Å². The van der Waals surface area contributed by atoms with Crippen LogP contribution in [0.1, 0.15) is 0 Å². The van der Waals surface area contributed by atoms with Crippen LogP contribution in [0.25, 0.3) is 53.7 Å². The lowest BCUT2D eigenvalue weighted by Gasteiger charge is -2.01. The predicted molar refractivity (Wildman–Crippen MR) is 120 cm³/mol. The first kappa shape index (κ1) is 15.6. The van der Waals surface area contributed by atoms with E-state index in [1.807, 2.05) is 6.07 Å². The molecule has 0 saturated heterocycles. The van der Waals surface area contributed by atoms with Crippen LogP contribution in [0.3, 0.4) is 0 Å². The molecule has 6 aromatic rings. The Balaban J connectivity index is 1.56. The van der Waals surface area contributed by atoms with Gasteiger partial charge in [0, 0.05) is 27.4 Å². The third-order valence-electron chi connectivity index (χ3n) is 5.23. The van der Waals surface area contributed by atoms with Crippen LogP contribution in [-0.4, -0.2) is 9.97 Å². The standard InChI is InChI=1S/C25H16N2S/c1-3-7-16(8-4-1)18-11-12-21-19(13-18)20-14-24-23(15-22(20)26-21)27-25(28-24)17-9-5-2-6-10-17/h1-15,26H. The second-order valence-corrected chi connectivity index (χ2v) is 8.03.